The van der Waals surface area contributed by atoms with Gasteiger partial charge in [0.15, 0.2) is 0 Å². The predicted octanol–water partition coefficient (Wildman–Crippen LogP) is 16.4. The second kappa shape index (κ2) is 11.8. The van der Waals surface area contributed by atoms with E-state index in [0.717, 1.165) is 0 Å². The smallest absolute Gasteiger partial charge is 0.0159 e. The lowest BCUT2D eigenvalue weighted by Crippen LogP contribution is -2.15. The Bertz CT molecular complexity index is 3380. The van der Waals surface area contributed by atoms with Crippen LogP contribution in [-0.4, -0.2) is 0 Å². The first-order valence-corrected chi connectivity index (χ1v) is 21.4. The Morgan fingerprint density at radius 3 is 1.32 bits per heavy atom. The van der Waals surface area contributed by atoms with Gasteiger partial charge in [0.25, 0.3) is 0 Å². The maximum absolute atomic E-state index is 2.52. The van der Waals surface area contributed by atoms with Crippen molar-refractivity contribution in [3.05, 3.63) is 204 Å². The molecule has 60 heavy (non-hydrogen) atoms. The number of fused-ring (bicyclic) bond motifs is 11. The fraction of sp³-hybridized carbons (Fsp3) is 0.100. The van der Waals surface area contributed by atoms with Crippen LogP contribution in [0.15, 0.2) is 182 Å². The van der Waals surface area contributed by atoms with Crippen LogP contribution in [-0.2, 0) is 10.8 Å². The third-order valence-electron chi connectivity index (χ3n) is 14.6. The molecule has 0 nitrogen and oxygen atoms in total. The molecule has 0 unspecified atom stereocenters. The van der Waals surface area contributed by atoms with Gasteiger partial charge in [-0.05, 0) is 151 Å². The van der Waals surface area contributed by atoms with Crippen LogP contribution in [0.2, 0.25) is 0 Å². The van der Waals surface area contributed by atoms with E-state index in [1.807, 2.05) is 0 Å². The van der Waals surface area contributed by atoms with E-state index in [9.17, 15) is 0 Å². The number of hydrogen-bond acceptors (Lipinski definition) is 0. The molecular formula is C60H42. The normalized spacial score (nSPS) is 14.6. The Hall–Kier alpha value is -7.02. The molecule has 0 bridgehead atoms. The first kappa shape index (κ1) is 33.9. The molecule has 0 N–H and O–H groups in total. The monoisotopic (exact) mass is 762 g/mol. The highest BCUT2D eigenvalue weighted by Gasteiger charge is 2.38. The molecular weight excluding hydrogens is 721 g/mol. The summed E-state index contributed by atoms with van der Waals surface area (Å²) >= 11 is 0. The summed E-state index contributed by atoms with van der Waals surface area (Å²) < 4.78 is 0. The van der Waals surface area contributed by atoms with Gasteiger partial charge < -0.3 is 0 Å². The van der Waals surface area contributed by atoms with Crippen LogP contribution >= 0.6 is 0 Å². The summed E-state index contributed by atoms with van der Waals surface area (Å²) in [6, 6.07) is 69.3. The van der Waals surface area contributed by atoms with Gasteiger partial charge in [0.2, 0.25) is 0 Å². The molecule has 0 saturated heterocycles. The van der Waals surface area contributed by atoms with E-state index in [1.165, 1.54) is 132 Å². The molecule has 0 spiro atoms. The number of benzene rings is 10. The van der Waals surface area contributed by atoms with E-state index in [0.29, 0.717) is 0 Å². The summed E-state index contributed by atoms with van der Waals surface area (Å²) in [5.74, 6) is 0. The molecule has 0 heteroatoms. The lowest BCUT2D eigenvalue weighted by atomic mass is 9.78. The van der Waals surface area contributed by atoms with Crippen molar-refractivity contribution in [3.8, 4) is 77.9 Å². The molecule has 0 amide bonds. The van der Waals surface area contributed by atoms with Crippen molar-refractivity contribution >= 4 is 32.3 Å². The third kappa shape index (κ3) is 4.36. The molecule has 10 aromatic carbocycles. The molecule has 0 aromatic heterocycles. The average molecular weight is 763 g/mol. The van der Waals surface area contributed by atoms with Gasteiger partial charge in [-0.3, -0.25) is 0 Å². The Kier molecular flexibility index (Phi) is 6.67. The highest BCUT2D eigenvalue weighted by atomic mass is 14.4. The van der Waals surface area contributed by atoms with Gasteiger partial charge in [-0.25, -0.2) is 0 Å². The lowest BCUT2D eigenvalue weighted by molar-refractivity contribution is 0.660. The predicted molar refractivity (Wildman–Crippen MR) is 255 cm³/mol. The summed E-state index contributed by atoms with van der Waals surface area (Å²) in [6.45, 7) is 9.58. The fourth-order valence-electron chi connectivity index (χ4n) is 11.7. The summed E-state index contributed by atoms with van der Waals surface area (Å²) in [5.41, 5.74) is 23.9. The van der Waals surface area contributed by atoms with Crippen molar-refractivity contribution in [1.82, 2.24) is 0 Å². The number of hydrogen-bond donors (Lipinski definition) is 0. The van der Waals surface area contributed by atoms with E-state index in [1.54, 1.807) is 0 Å². The quantitative estimate of drug-likeness (QED) is 0.168. The molecule has 10 aromatic rings. The summed E-state index contributed by atoms with van der Waals surface area (Å²) in [4.78, 5) is 0. The SMILES string of the molecule is CC1(C)c2ccccc2-c2ccc(-c3c4c(c(-c5ccc6c(c5)C(C)(C)c5ccccc5-6)c5ccccc35)-c3ccc(-c5ccc6ccccc6c5)c5cccc-4c35)cc21. The van der Waals surface area contributed by atoms with Crippen LogP contribution in [0.3, 0.4) is 0 Å². The van der Waals surface area contributed by atoms with Crippen molar-refractivity contribution in [3.63, 3.8) is 0 Å². The third-order valence-corrected chi connectivity index (χ3v) is 14.6. The first-order chi connectivity index (χ1) is 29.3. The van der Waals surface area contributed by atoms with Crippen molar-refractivity contribution in [1.29, 1.82) is 0 Å². The van der Waals surface area contributed by atoms with Crippen LogP contribution in [0.4, 0.5) is 0 Å². The second-order valence-electron chi connectivity index (χ2n) is 18.4. The minimum absolute atomic E-state index is 0.104. The van der Waals surface area contributed by atoms with Gasteiger partial charge in [-0.15, -0.1) is 0 Å². The first-order valence-electron chi connectivity index (χ1n) is 21.4. The molecule has 3 aliphatic carbocycles. The van der Waals surface area contributed by atoms with Gasteiger partial charge in [0, 0.05) is 10.8 Å². The Labute approximate surface area is 351 Å². The molecule has 0 heterocycles. The molecule has 0 saturated carbocycles. The van der Waals surface area contributed by atoms with E-state index >= 15 is 0 Å². The van der Waals surface area contributed by atoms with Crippen LogP contribution < -0.4 is 0 Å². The Morgan fingerprint density at radius 2 is 0.700 bits per heavy atom. The lowest BCUT2D eigenvalue weighted by Gasteiger charge is -2.25. The van der Waals surface area contributed by atoms with Crippen molar-refractivity contribution < 1.29 is 0 Å². The highest BCUT2D eigenvalue weighted by Crippen LogP contribution is 2.60. The Balaban J connectivity index is 1.13. The van der Waals surface area contributed by atoms with Gasteiger partial charge in [-0.1, -0.05) is 191 Å². The maximum atomic E-state index is 2.52. The maximum Gasteiger partial charge on any atom is 0.0159 e. The molecule has 0 fully saturated rings. The van der Waals surface area contributed by atoms with E-state index in [-0.39, 0.29) is 10.8 Å². The molecule has 0 radical (unpaired) electrons. The van der Waals surface area contributed by atoms with Gasteiger partial charge in [-0.2, -0.15) is 0 Å². The van der Waals surface area contributed by atoms with Gasteiger partial charge in [0.05, 0.1) is 0 Å². The van der Waals surface area contributed by atoms with Crippen molar-refractivity contribution in [2.75, 3.05) is 0 Å². The zero-order chi connectivity index (χ0) is 40.1. The fourth-order valence-corrected chi connectivity index (χ4v) is 11.7. The largest absolute Gasteiger partial charge is 0.0619 e. The van der Waals surface area contributed by atoms with E-state index in [2.05, 4.69) is 210 Å². The standard InChI is InChI=1S/C60H42/c1-59(2)50-22-11-9-16-41(50)43-28-26-38(33-52(43)59)54-46-18-7-8-19-47(46)55(39-27-29-44-42-17-10-12-23-51(42)60(3,4)53(44)34-39)58-49-31-30-40(45-20-13-21-48(56(45)49)57(54)58)37-25-24-35-14-5-6-15-36(35)32-37/h5-34H,1-4H3. The average Bonchev–Trinajstić information content (AvgIpc) is 3.82. The zero-order valence-corrected chi connectivity index (χ0v) is 34.3. The van der Waals surface area contributed by atoms with Crippen molar-refractivity contribution in [2.24, 2.45) is 0 Å². The number of rotatable bonds is 3. The highest BCUT2D eigenvalue weighted by molar-refractivity contribution is 6.29. The van der Waals surface area contributed by atoms with Crippen LogP contribution in [0.25, 0.3) is 110 Å². The minimum Gasteiger partial charge on any atom is -0.0619 e. The van der Waals surface area contributed by atoms with Crippen LogP contribution in [0.1, 0.15) is 49.9 Å². The van der Waals surface area contributed by atoms with Crippen LogP contribution in [0, 0.1) is 0 Å². The Morgan fingerprint density at radius 1 is 0.267 bits per heavy atom. The minimum atomic E-state index is -0.104. The van der Waals surface area contributed by atoms with Crippen LogP contribution in [0.5, 0.6) is 0 Å². The van der Waals surface area contributed by atoms with Gasteiger partial charge in [0.1, 0.15) is 0 Å². The van der Waals surface area contributed by atoms with E-state index in [4.69, 9.17) is 0 Å². The summed E-state index contributed by atoms with van der Waals surface area (Å²) in [7, 11) is 0. The second-order valence-corrected chi connectivity index (χ2v) is 18.4. The molecule has 282 valence electrons. The summed E-state index contributed by atoms with van der Waals surface area (Å²) in [6.07, 6.45) is 0. The zero-order valence-electron chi connectivity index (χ0n) is 34.3. The van der Waals surface area contributed by atoms with Crippen molar-refractivity contribution in [2.45, 2.75) is 38.5 Å². The summed E-state index contributed by atoms with van der Waals surface area (Å²) in [5, 5.41) is 7.76. The molecule has 0 aliphatic heterocycles. The van der Waals surface area contributed by atoms with E-state index < -0.39 is 0 Å². The molecule has 3 aliphatic rings. The molecule has 0 atom stereocenters. The van der Waals surface area contributed by atoms with Gasteiger partial charge >= 0.3 is 0 Å². The molecule has 13 rings (SSSR count). The topological polar surface area (TPSA) is 0 Å².